The van der Waals surface area contributed by atoms with Gasteiger partial charge in [-0.05, 0) is 51.1 Å². The predicted octanol–water partition coefficient (Wildman–Crippen LogP) is 3.32. The summed E-state index contributed by atoms with van der Waals surface area (Å²) >= 11 is 0. The average molecular weight is 277 g/mol. The van der Waals surface area contributed by atoms with Crippen LogP contribution in [0.25, 0.3) is 0 Å². The van der Waals surface area contributed by atoms with Gasteiger partial charge in [-0.3, -0.25) is 9.69 Å². The Kier molecular flexibility index (Phi) is 6.21. The number of carbonyl (C=O) groups is 1. The predicted molar refractivity (Wildman–Crippen MR) is 83.3 cm³/mol. The van der Waals surface area contributed by atoms with Crippen molar-refractivity contribution >= 4 is 5.78 Å². The summed E-state index contributed by atoms with van der Waals surface area (Å²) in [5, 5.41) is 0. The molecule has 0 fully saturated rings. The fourth-order valence-electron chi connectivity index (χ4n) is 2.55. The highest BCUT2D eigenvalue weighted by Crippen LogP contribution is 2.19. The maximum Gasteiger partial charge on any atom is 0.152 e. The summed E-state index contributed by atoms with van der Waals surface area (Å²) < 4.78 is 5.14. The van der Waals surface area contributed by atoms with E-state index in [-0.39, 0.29) is 5.54 Å². The van der Waals surface area contributed by atoms with Crippen LogP contribution in [0.5, 0.6) is 5.75 Å². The van der Waals surface area contributed by atoms with Gasteiger partial charge < -0.3 is 4.74 Å². The monoisotopic (exact) mass is 277 g/mol. The van der Waals surface area contributed by atoms with Gasteiger partial charge >= 0.3 is 0 Å². The molecule has 0 amide bonds. The maximum absolute atomic E-state index is 12.5. The van der Waals surface area contributed by atoms with Crippen molar-refractivity contribution in [3.8, 4) is 5.75 Å². The Morgan fingerprint density at radius 2 is 1.70 bits per heavy atom. The largest absolute Gasteiger partial charge is 0.497 e. The number of hydrogen-bond acceptors (Lipinski definition) is 3. The van der Waals surface area contributed by atoms with Gasteiger partial charge in [0.15, 0.2) is 5.78 Å². The SMILES string of the molecule is CCN(CC)C(C)(C)C(=O)CCc1ccc(OC)cc1. The first-order chi connectivity index (χ1) is 9.45. The van der Waals surface area contributed by atoms with Crippen molar-refractivity contribution in [3.05, 3.63) is 29.8 Å². The molecule has 1 aromatic carbocycles. The van der Waals surface area contributed by atoms with Crippen molar-refractivity contribution in [2.24, 2.45) is 0 Å². The van der Waals surface area contributed by atoms with Crippen LogP contribution in [0.15, 0.2) is 24.3 Å². The third-order valence-electron chi connectivity index (χ3n) is 4.04. The summed E-state index contributed by atoms with van der Waals surface area (Å²) in [5.74, 6) is 1.15. The number of ether oxygens (including phenoxy) is 1. The third kappa shape index (κ3) is 4.07. The number of rotatable bonds is 8. The molecule has 0 aliphatic rings. The van der Waals surface area contributed by atoms with Crippen LogP contribution < -0.4 is 4.74 Å². The fourth-order valence-corrected chi connectivity index (χ4v) is 2.55. The lowest BCUT2D eigenvalue weighted by atomic mass is 9.92. The number of benzene rings is 1. The zero-order valence-electron chi connectivity index (χ0n) is 13.4. The van der Waals surface area contributed by atoms with Crippen LogP contribution in [0.1, 0.15) is 39.7 Å². The summed E-state index contributed by atoms with van der Waals surface area (Å²) in [7, 11) is 1.66. The van der Waals surface area contributed by atoms with Gasteiger partial charge in [-0.1, -0.05) is 26.0 Å². The molecule has 1 aromatic rings. The Morgan fingerprint density at radius 1 is 1.15 bits per heavy atom. The minimum atomic E-state index is -0.379. The second-order valence-corrected chi connectivity index (χ2v) is 5.50. The first-order valence-electron chi connectivity index (χ1n) is 7.37. The number of carbonyl (C=O) groups excluding carboxylic acids is 1. The molecule has 0 N–H and O–H groups in total. The van der Waals surface area contributed by atoms with Gasteiger partial charge in [0.1, 0.15) is 5.75 Å². The van der Waals surface area contributed by atoms with E-state index in [2.05, 4.69) is 18.7 Å². The van der Waals surface area contributed by atoms with Gasteiger partial charge in [0.25, 0.3) is 0 Å². The maximum atomic E-state index is 12.5. The van der Waals surface area contributed by atoms with Crippen molar-refractivity contribution in [2.75, 3.05) is 20.2 Å². The number of likely N-dealkylation sites (N-methyl/N-ethyl adjacent to an activating group) is 1. The van der Waals surface area contributed by atoms with Gasteiger partial charge in [0.05, 0.1) is 12.6 Å². The Hall–Kier alpha value is -1.35. The van der Waals surface area contributed by atoms with E-state index in [4.69, 9.17) is 4.74 Å². The van der Waals surface area contributed by atoms with E-state index in [1.165, 1.54) is 5.56 Å². The van der Waals surface area contributed by atoms with Crippen molar-refractivity contribution in [2.45, 2.75) is 46.1 Å². The highest BCUT2D eigenvalue weighted by molar-refractivity contribution is 5.87. The number of hydrogen-bond donors (Lipinski definition) is 0. The summed E-state index contributed by atoms with van der Waals surface area (Å²) in [6.07, 6.45) is 1.36. The van der Waals surface area contributed by atoms with E-state index in [0.29, 0.717) is 12.2 Å². The van der Waals surface area contributed by atoms with Gasteiger partial charge in [-0.15, -0.1) is 0 Å². The molecule has 0 saturated heterocycles. The highest BCUT2D eigenvalue weighted by Gasteiger charge is 2.31. The smallest absolute Gasteiger partial charge is 0.152 e. The zero-order chi connectivity index (χ0) is 15.2. The second-order valence-electron chi connectivity index (χ2n) is 5.50. The van der Waals surface area contributed by atoms with Crippen LogP contribution in [0.4, 0.5) is 0 Å². The van der Waals surface area contributed by atoms with Crippen LogP contribution in [0, 0.1) is 0 Å². The molecule has 3 nitrogen and oxygen atoms in total. The molecule has 112 valence electrons. The zero-order valence-corrected chi connectivity index (χ0v) is 13.4. The van der Waals surface area contributed by atoms with Gasteiger partial charge in [-0.2, -0.15) is 0 Å². The standard InChI is InChI=1S/C17H27NO2/c1-6-18(7-2)17(3,4)16(19)13-10-14-8-11-15(20-5)12-9-14/h8-9,11-12H,6-7,10,13H2,1-5H3. The molecule has 3 heteroatoms. The number of methoxy groups -OCH3 is 1. The van der Waals surface area contributed by atoms with Crippen molar-refractivity contribution in [3.63, 3.8) is 0 Å². The summed E-state index contributed by atoms with van der Waals surface area (Å²) in [4.78, 5) is 14.7. The number of ketones is 1. The van der Waals surface area contributed by atoms with Gasteiger partial charge in [0.2, 0.25) is 0 Å². The number of aryl methyl sites for hydroxylation is 1. The van der Waals surface area contributed by atoms with Crippen LogP contribution in [0.2, 0.25) is 0 Å². The van der Waals surface area contributed by atoms with Crippen molar-refractivity contribution in [1.29, 1.82) is 0 Å². The summed E-state index contributed by atoms with van der Waals surface area (Å²) in [6.45, 7) is 10.0. The van der Waals surface area contributed by atoms with Crippen LogP contribution >= 0.6 is 0 Å². The lowest BCUT2D eigenvalue weighted by Crippen LogP contribution is -2.50. The molecule has 0 radical (unpaired) electrons. The molecular weight excluding hydrogens is 250 g/mol. The molecule has 0 spiro atoms. The Morgan fingerprint density at radius 3 is 2.15 bits per heavy atom. The molecule has 1 rings (SSSR count). The molecular formula is C17H27NO2. The quantitative estimate of drug-likeness (QED) is 0.730. The minimum Gasteiger partial charge on any atom is -0.497 e. The highest BCUT2D eigenvalue weighted by atomic mass is 16.5. The first kappa shape index (κ1) is 16.7. The minimum absolute atomic E-state index is 0.303. The molecule has 0 aliphatic carbocycles. The Bertz CT molecular complexity index is 419. The molecule has 0 heterocycles. The van der Waals surface area contributed by atoms with Crippen LogP contribution in [-0.4, -0.2) is 36.4 Å². The molecule has 0 atom stereocenters. The average Bonchev–Trinajstić information content (AvgIpc) is 2.46. The van der Waals surface area contributed by atoms with Crippen LogP contribution in [-0.2, 0) is 11.2 Å². The fraction of sp³-hybridized carbons (Fsp3) is 0.588. The van der Waals surface area contributed by atoms with E-state index in [0.717, 1.165) is 25.3 Å². The summed E-state index contributed by atoms with van der Waals surface area (Å²) in [6, 6.07) is 7.93. The van der Waals surface area contributed by atoms with E-state index in [1.54, 1.807) is 7.11 Å². The van der Waals surface area contributed by atoms with Gasteiger partial charge in [0, 0.05) is 6.42 Å². The molecule has 20 heavy (non-hydrogen) atoms. The second kappa shape index (κ2) is 7.44. The third-order valence-corrected chi connectivity index (χ3v) is 4.04. The van der Waals surface area contributed by atoms with E-state index in [9.17, 15) is 4.79 Å². The molecule has 0 bridgehead atoms. The topological polar surface area (TPSA) is 29.5 Å². The Balaban J connectivity index is 2.61. The molecule has 0 unspecified atom stereocenters. The number of Topliss-reactive ketones (excluding diaryl/α,β-unsaturated/α-hetero) is 1. The lowest BCUT2D eigenvalue weighted by molar-refractivity contribution is -0.129. The van der Waals surface area contributed by atoms with E-state index in [1.807, 2.05) is 38.1 Å². The van der Waals surface area contributed by atoms with Crippen LogP contribution in [0.3, 0.4) is 0 Å². The first-order valence-corrected chi connectivity index (χ1v) is 7.37. The van der Waals surface area contributed by atoms with E-state index < -0.39 is 0 Å². The molecule has 0 aromatic heterocycles. The van der Waals surface area contributed by atoms with Crippen molar-refractivity contribution < 1.29 is 9.53 Å². The normalized spacial score (nSPS) is 11.7. The molecule has 0 saturated carbocycles. The van der Waals surface area contributed by atoms with Gasteiger partial charge in [-0.25, -0.2) is 0 Å². The summed E-state index contributed by atoms with van der Waals surface area (Å²) in [5.41, 5.74) is 0.796. The van der Waals surface area contributed by atoms with Crippen molar-refractivity contribution in [1.82, 2.24) is 4.90 Å². The number of nitrogens with zero attached hydrogens (tertiary/aromatic N) is 1. The Labute approximate surface area is 122 Å². The lowest BCUT2D eigenvalue weighted by Gasteiger charge is -2.35. The van der Waals surface area contributed by atoms with E-state index >= 15 is 0 Å². The molecule has 0 aliphatic heterocycles.